The lowest BCUT2D eigenvalue weighted by Crippen LogP contribution is -2.45. The third kappa shape index (κ3) is 4.14. The quantitative estimate of drug-likeness (QED) is 0.184. The standard InChI is InChI=1S/C40H28N4O3/c1-3-11-23(12-4-1)37-42-38(27-17-10-20-31-33(27)25-15-7-8-19-30(25)45-31)44-39(43-37)28-18-9-16-26-34-32(46-35(26)28)22-21-29-36(34)47-40(41-29)24-13-5-2-6-14-24/h1-22,38-41,44H,(H,42,43). The van der Waals surface area contributed by atoms with Gasteiger partial charge in [-0.25, -0.2) is 4.99 Å². The highest BCUT2D eigenvalue weighted by Gasteiger charge is 2.32. The Labute approximate surface area is 269 Å². The molecule has 0 saturated heterocycles. The summed E-state index contributed by atoms with van der Waals surface area (Å²) >= 11 is 0. The van der Waals surface area contributed by atoms with E-state index in [0.29, 0.717) is 0 Å². The highest BCUT2D eigenvalue weighted by Crippen LogP contribution is 2.48. The van der Waals surface area contributed by atoms with E-state index in [1.54, 1.807) is 0 Å². The molecule has 3 unspecified atom stereocenters. The summed E-state index contributed by atoms with van der Waals surface area (Å²) in [7, 11) is 0. The van der Waals surface area contributed by atoms with E-state index in [0.717, 1.165) is 83.4 Å². The average molecular weight is 613 g/mol. The van der Waals surface area contributed by atoms with Crippen LogP contribution in [0.3, 0.4) is 0 Å². The number of para-hydroxylation sites is 2. The third-order valence-electron chi connectivity index (χ3n) is 9.22. The van der Waals surface area contributed by atoms with Crippen molar-refractivity contribution in [1.82, 2.24) is 10.6 Å². The van der Waals surface area contributed by atoms with Crippen molar-refractivity contribution in [2.45, 2.75) is 18.6 Å². The molecule has 6 aromatic carbocycles. The van der Waals surface area contributed by atoms with Crippen LogP contribution in [-0.2, 0) is 0 Å². The zero-order valence-electron chi connectivity index (χ0n) is 25.1. The van der Waals surface area contributed by atoms with E-state index in [9.17, 15) is 0 Å². The first kappa shape index (κ1) is 26.2. The summed E-state index contributed by atoms with van der Waals surface area (Å²) in [6, 6.07) is 45.2. The Morgan fingerprint density at radius 1 is 0.553 bits per heavy atom. The monoisotopic (exact) mass is 612 g/mol. The van der Waals surface area contributed by atoms with Crippen molar-refractivity contribution in [3.8, 4) is 5.75 Å². The number of anilines is 1. The molecular formula is C40H28N4O3. The molecule has 0 aliphatic carbocycles. The molecule has 4 heterocycles. The summed E-state index contributed by atoms with van der Waals surface area (Å²) in [6.45, 7) is 0. The van der Waals surface area contributed by atoms with E-state index >= 15 is 0 Å². The van der Waals surface area contributed by atoms with Gasteiger partial charge in [-0.3, -0.25) is 5.32 Å². The number of hydrogen-bond acceptors (Lipinski definition) is 7. The molecule has 3 atom stereocenters. The molecule has 0 fully saturated rings. The van der Waals surface area contributed by atoms with E-state index in [4.69, 9.17) is 18.6 Å². The number of hydrogen-bond donors (Lipinski definition) is 3. The Bertz CT molecular complexity index is 2500. The number of fused-ring (bicyclic) bond motifs is 8. The van der Waals surface area contributed by atoms with Crippen LogP contribution in [0, 0.1) is 0 Å². The van der Waals surface area contributed by atoms with Gasteiger partial charge in [0.05, 0.1) is 11.1 Å². The predicted molar refractivity (Wildman–Crippen MR) is 186 cm³/mol. The van der Waals surface area contributed by atoms with Crippen molar-refractivity contribution >= 4 is 55.4 Å². The number of nitrogens with zero attached hydrogens (tertiary/aromatic N) is 1. The molecule has 2 aromatic heterocycles. The fraction of sp³-hybridized carbons (Fsp3) is 0.0750. The first-order chi connectivity index (χ1) is 23.3. The van der Waals surface area contributed by atoms with Crippen LogP contribution < -0.4 is 20.7 Å². The second-order valence-electron chi connectivity index (χ2n) is 12.0. The van der Waals surface area contributed by atoms with Crippen LogP contribution in [0.5, 0.6) is 5.75 Å². The zero-order chi connectivity index (χ0) is 30.9. The zero-order valence-corrected chi connectivity index (χ0v) is 25.1. The lowest BCUT2D eigenvalue weighted by atomic mass is 10.0. The van der Waals surface area contributed by atoms with Gasteiger partial charge in [0.2, 0.25) is 0 Å². The van der Waals surface area contributed by atoms with Gasteiger partial charge < -0.3 is 24.2 Å². The normalized spacial score (nSPS) is 19.0. The third-order valence-corrected chi connectivity index (χ3v) is 9.22. The fourth-order valence-corrected chi connectivity index (χ4v) is 7.06. The molecule has 0 bridgehead atoms. The summed E-state index contributed by atoms with van der Waals surface area (Å²) in [5, 5.41) is 15.1. The average Bonchev–Trinajstić information content (AvgIpc) is 3.85. The Morgan fingerprint density at radius 2 is 1.28 bits per heavy atom. The van der Waals surface area contributed by atoms with Gasteiger partial charge in [-0.1, -0.05) is 109 Å². The van der Waals surface area contributed by atoms with Gasteiger partial charge >= 0.3 is 0 Å². The van der Waals surface area contributed by atoms with E-state index in [2.05, 4.69) is 70.5 Å². The SMILES string of the molecule is c1ccc(C2=NC(c3cccc4oc5ccccc5c34)NC(c3cccc4c3oc3ccc5c(c34)OC(c3ccccc3)N5)N2)cc1. The van der Waals surface area contributed by atoms with Crippen LogP contribution in [0.4, 0.5) is 5.69 Å². The van der Waals surface area contributed by atoms with Gasteiger partial charge in [0.1, 0.15) is 40.5 Å². The lowest BCUT2D eigenvalue weighted by molar-refractivity contribution is 0.263. The minimum Gasteiger partial charge on any atom is -0.464 e. The number of benzene rings is 6. The van der Waals surface area contributed by atoms with Gasteiger partial charge in [-0.15, -0.1) is 0 Å². The summed E-state index contributed by atoms with van der Waals surface area (Å²) in [5.74, 6) is 1.61. The van der Waals surface area contributed by atoms with Crippen molar-refractivity contribution in [3.63, 3.8) is 0 Å². The highest BCUT2D eigenvalue weighted by molar-refractivity contribution is 6.12. The topological polar surface area (TPSA) is 84.0 Å². The number of amidine groups is 1. The second-order valence-corrected chi connectivity index (χ2v) is 12.0. The fourth-order valence-electron chi connectivity index (χ4n) is 7.06. The summed E-state index contributed by atoms with van der Waals surface area (Å²) in [6.07, 6.45) is -0.933. The lowest BCUT2D eigenvalue weighted by Gasteiger charge is -2.32. The van der Waals surface area contributed by atoms with Crippen LogP contribution in [0.25, 0.3) is 43.9 Å². The molecule has 8 aromatic rings. The van der Waals surface area contributed by atoms with Gasteiger partial charge in [0, 0.05) is 38.4 Å². The molecule has 0 spiro atoms. The van der Waals surface area contributed by atoms with E-state index in [1.807, 2.05) is 78.9 Å². The molecule has 10 rings (SSSR count). The largest absolute Gasteiger partial charge is 0.464 e. The summed E-state index contributed by atoms with van der Waals surface area (Å²) < 4.78 is 19.5. The van der Waals surface area contributed by atoms with Crippen LogP contribution in [0.15, 0.2) is 147 Å². The van der Waals surface area contributed by atoms with Gasteiger partial charge in [0.15, 0.2) is 12.0 Å². The molecule has 7 nitrogen and oxygen atoms in total. The maximum Gasteiger partial charge on any atom is 0.196 e. The Hall–Kier alpha value is -6.05. The van der Waals surface area contributed by atoms with Crippen molar-refractivity contribution in [3.05, 3.63) is 156 Å². The molecule has 47 heavy (non-hydrogen) atoms. The number of aliphatic imine (C=N–C) groups is 1. The summed E-state index contributed by atoms with van der Waals surface area (Å²) in [5.41, 5.74) is 8.34. The number of ether oxygens (including phenoxy) is 1. The highest BCUT2D eigenvalue weighted by atomic mass is 16.5. The Kier molecular flexibility index (Phi) is 5.70. The predicted octanol–water partition coefficient (Wildman–Crippen LogP) is 9.33. The van der Waals surface area contributed by atoms with E-state index < -0.39 is 0 Å². The summed E-state index contributed by atoms with van der Waals surface area (Å²) in [4.78, 5) is 5.24. The molecule has 226 valence electrons. The molecule has 2 aliphatic rings. The van der Waals surface area contributed by atoms with Gasteiger partial charge in [-0.05, 0) is 24.3 Å². The molecule has 0 amide bonds. The van der Waals surface area contributed by atoms with Crippen molar-refractivity contribution in [2.24, 2.45) is 4.99 Å². The molecule has 0 saturated carbocycles. The smallest absolute Gasteiger partial charge is 0.196 e. The molecule has 2 aliphatic heterocycles. The minimum atomic E-state index is -0.357. The van der Waals surface area contributed by atoms with Crippen LogP contribution in [0.2, 0.25) is 0 Å². The first-order valence-corrected chi connectivity index (χ1v) is 15.8. The molecular weight excluding hydrogens is 584 g/mol. The van der Waals surface area contributed by atoms with Crippen LogP contribution in [0.1, 0.15) is 40.8 Å². The van der Waals surface area contributed by atoms with E-state index in [-0.39, 0.29) is 18.6 Å². The molecule has 3 N–H and O–H groups in total. The molecule has 7 heteroatoms. The van der Waals surface area contributed by atoms with Crippen molar-refractivity contribution < 1.29 is 13.6 Å². The maximum atomic E-state index is 6.66. The van der Waals surface area contributed by atoms with Crippen molar-refractivity contribution in [1.29, 1.82) is 0 Å². The number of furan rings is 2. The van der Waals surface area contributed by atoms with Crippen molar-refractivity contribution in [2.75, 3.05) is 5.32 Å². The first-order valence-electron chi connectivity index (χ1n) is 15.8. The van der Waals surface area contributed by atoms with E-state index in [1.165, 1.54) is 0 Å². The van der Waals surface area contributed by atoms with Crippen LogP contribution in [-0.4, -0.2) is 5.84 Å². The van der Waals surface area contributed by atoms with Gasteiger partial charge in [-0.2, -0.15) is 0 Å². The molecule has 0 radical (unpaired) electrons. The Morgan fingerprint density at radius 3 is 2.17 bits per heavy atom. The van der Waals surface area contributed by atoms with Crippen LogP contribution >= 0.6 is 0 Å². The minimum absolute atomic E-state index is 0.265. The number of rotatable bonds is 4. The maximum absolute atomic E-state index is 6.66. The second kappa shape index (κ2) is 10.2. The van der Waals surface area contributed by atoms with Gasteiger partial charge in [0.25, 0.3) is 0 Å². The number of nitrogens with one attached hydrogen (secondary N) is 3. The Balaban J connectivity index is 1.11.